The Bertz CT molecular complexity index is 2300. The van der Waals surface area contributed by atoms with E-state index in [4.69, 9.17) is 47.4 Å². The van der Waals surface area contributed by atoms with E-state index in [1.165, 1.54) is 14.2 Å². The van der Waals surface area contributed by atoms with Crippen molar-refractivity contribution in [1.82, 2.24) is 0 Å². The van der Waals surface area contributed by atoms with Crippen LogP contribution in [-0.2, 0) is 96.8 Å². The summed E-state index contributed by atoms with van der Waals surface area (Å²) in [6, 6.07) is 58.4. The van der Waals surface area contributed by atoms with Gasteiger partial charge < -0.3 is 47.4 Å². The van der Waals surface area contributed by atoms with Gasteiger partial charge in [-0.3, -0.25) is 0 Å². The van der Waals surface area contributed by atoms with E-state index < -0.39 is 82.8 Å². The van der Waals surface area contributed by atoms with Gasteiger partial charge in [0.25, 0.3) is 0 Å². The quantitative estimate of drug-likeness (QED) is 0.0577. The van der Waals surface area contributed by atoms with Crippen molar-refractivity contribution in [2.45, 2.75) is 101 Å². The summed E-state index contributed by atoms with van der Waals surface area (Å²) >= 11 is 0. The zero-order valence-electron chi connectivity index (χ0n) is 39.1. The van der Waals surface area contributed by atoms with Crippen LogP contribution in [0.5, 0.6) is 0 Å². The van der Waals surface area contributed by atoms with Gasteiger partial charge in [0.2, 0.25) is 0 Å². The SMILES string of the molecule is CO[C@H]1O[C@H](CS(=O)(=O)C[C@H]2O[C@H](OC)[C@H](OCc3ccccc3)[C@@H](OCc3ccccc3)[C@@H]2OCc2ccccc2)[C@@H](OCc2ccccc2)[C@H](OCc2ccccc2)[C@H]1OCc1ccccc1. The molecule has 0 unspecified atom stereocenters. The molecule has 6 aromatic rings. The summed E-state index contributed by atoms with van der Waals surface area (Å²) in [5.41, 5.74) is 5.49. The molecule has 8 rings (SSSR count). The maximum Gasteiger partial charge on any atom is 0.186 e. The minimum Gasteiger partial charge on any atom is -0.368 e. The summed E-state index contributed by atoms with van der Waals surface area (Å²) < 4.78 is 95.6. The molecule has 69 heavy (non-hydrogen) atoms. The van der Waals surface area contributed by atoms with Crippen LogP contribution in [0.2, 0.25) is 0 Å². The summed E-state index contributed by atoms with van der Waals surface area (Å²) in [6.07, 6.45) is -9.33. The molecule has 2 aliphatic heterocycles. The third-order valence-corrected chi connectivity index (χ3v) is 13.9. The summed E-state index contributed by atoms with van der Waals surface area (Å²) in [5, 5.41) is 0. The smallest absolute Gasteiger partial charge is 0.186 e. The normalized spacial score (nSPS) is 25.0. The molecule has 0 bridgehead atoms. The lowest BCUT2D eigenvalue weighted by Gasteiger charge is -2.46. The topological polar surface area (TPSA) is 126 Å². The molecule has 2 fully saturated rings. The van der Waals surface area contributed by atoms with Gasteiger partial charge in [-0.15, -0.1) is 0 Å². The number of methoxy groups -OCH3 is 2. The molecule has 13 heteroatoms. The van der Waals surface area contributed by atoms with Crippen LogP contribution in [0.1, 0.15) is 33.4 Å². The van der Waals surface area contributed by atoms with Crippen molar-refractivity contribution in [2.24, 2.45) is 0 Å². The van der Waals surface area contributed by atoms with Gasteiger partial charge in [0.05, 0.1) is 51.1 Å². The summed E-state index contributed by atoms with van der Waals surface area (Å²) in [4.78, 5) is 0. The largest absolute Gasteiger partial charge is 0.368 e. The third-order valence-electron chi connectivity index (χ3n) is 12.2. The lowest BCUT2D eigenvalue weighted by molar-refractivity contribution is -0.315. The highest BCUT2D eigenvalue weighted by atomic mass is 32.2. The van der Waals surface area contributed by atoms with Crippen LogP contribution in [-0.4, -0.2) is 95.6 Å². The molecular formula is C56H62O12S. The molecule has 6 aromatic carbocycles. The molecular weight excluding hydrogens is 897 g/mol. The van der Waals surface area contributed by atoms with Gasteiger partial charge in [-0.05, 0) is 33.4 Å². The molecule has 0 saturated carbocycles. The molecule has 10 atom stereocenters. The second-order valence-electron chi connectivity index (χ2n) is 17.2. The number of benzene rings is 6. The van der Waals surface area contributed by atoms with E-state index >= 15 is 8.42 Å². The minimum absolute atomic E-state index is 0.154. The van der Waals surface area contributed by atoms with Crippen molar-refractivity contribution in [2.75, 3.05) is 25.7 Å². The van der Waals surface area contributed by atoms with Crippen LogP contribution in [0, 0.1) is 0 Å². The van der Waals surface area contributed by atoms with E-state index in [1.54, 1.807) is 0 Å². The second kappa shape index (κ2) is 25.6. The van der Waals surface area contributed by atoms with E-state index in [9.17, 15) is 0 Å². The Morgan fingerprint density at radius 3 is 0.783 bits per heavy atom. The Balaban J connectivity index is 1.10. The lowest BCUT2D eigenvalue weighted by Crippen LogP contribution is -2.63. The summed E-state index contributed by atoms with van der Waals surface area (Å²) in [7, 11) is -1.10. The first-order valence-corrected chi connectivity index (χ1v) is 25.2. The van der Waals surface area contributed by atoms with Gasteiger partial charge in [0, 0.05) is 14.2 Å². The number of hydrogen-bond acceptors (Lipinski definition) is 12. The van der Waals surface area contributed by atoms with Crippen molar-refractivity contribution >= 4 is 9.84 Å². The zero-order chi connectivity index (χ0) is 47.7. The van der Waals surface area contributed by atoms with E-state index in [2.05, 4.69) is 0 Å². The fourth-order valence-corrected chi connectivity index (χ4v) is 10.4. The molecule has 2 aliphatic rings. The zero-order valence-corrected chi connectivity index (χ0v) is 39.9. The van der Waals surface area contributed by atoms with Crippen molar-refractivity contribution in [3.05, 3.63) is 215 Å². The van der Waals surface area contributed by atoms with E-state index in [-0.39, 0.29) is 39.6 Å². The van der Waals surface area contributed by atoms with Gasteiger partial charge in [0.1, 0.15) is 48.8 Å². The number of sulfone groups is 1. The molecule has 2 saturated heterocycles. The Morgan fingerprint density at radius 1 is 0.333 bits per heavy atom. The summed E-state index contributed by atoms with van der Waals surface area (Å²) in [6.45, 7) is 1.15. The van der Waals surface area contributed by atoms with Gasteiger partial charge in [-0.25, -0.2) is 8.42 Å². The van der Waals surface area contributed by atoms with Crippen LogP contribution in [0.15, 0.2) is 182 Å². The molecule has 0 aromatic heterocycles. The fourth-order valence-electron chi connectivity index (χ4n) is 8.71. The Morgan fingerprint density at radius 2 is 0.551 bits per heavy atom. The highest BCUT2D eigenvalue weighted by Gasteiger charge is 2.53. The highest BCUT2D eigenvalue weighted by molar-refractivity contribution is 7.91. The maximum absolute atomic E-state index is 15.1. The number of rotatable bonds is 24. The second-order valence-corrected chi connectivity index (χ2v) is 19.4. The predicted octanol–water partition coefficient (Wildman–Crippen LogP) is 8.66. The molecule has 364 valence electrons. The average molecular weight is 959 g/mol. The number of hydrogen-bond donors (Lipinski definition) is 0. The average Bonchev–Trinajstić information content (AvgIpc) is 3.39. The van der Waals surface area contributed by atoms with Crippen LogP contribution < -0.4 is 0 Å². The van der Waals surface area contributed by atoms with Crippen LogP contribution in [0.25, 0.3) is 0 Å². The van der Waals surface area contributed by atoms with Crippen LogP contribution in [0.4, 0.5) is 0 Å². The van der Waals surface area contributed by atoms with Gasteiger partial charge in [-0.1, -0.05) is 182 Å². The highest BCUT2D eigenvalue weighted by Crippen LogP contribution is 2.35. The van der Waals surface area contributed by atoms with E-state index in [0.717, 1.165) is 33.4 Å². The first-order chi connectivity index (χ1) is 33.9. The molecule has 0 aliphatic carbocycles. The third kappa shape index (κ3) is 14.5. The Hall–Kier alpha value is -5.13. The molecule has 0 N–H and O–H groups in total. The van der Waals surface area contributed by atoms with Crippen LogP contribution in [0.3, 0.4) is 0 Å². The first-order valence-electron chi connectivity index (χ1n) is 23.4. The summed E-state index contributed by atoms with van der Waals surface area (Å²) in [5.74, 6) is -0.954. The van der Waals surface area contributed by atoms with Crippen molar-refractivity contribution in [3.63, 3.8) is 0 Å². The Kier molecular flexibility index (Phi) is 18.7. The van der Waals surface area contributed by atoms with Gasteiger partial charge >= 0.3 is 0 Å². The predicted molar refractivity (Wildman–Crippen MR) is 260 cm³/mol. The standard InChI is InChI=1S/C56H62O12S/c1-59-55-53(65-37-45-29-17-7-18-30-45)51(63-35-43-25-13-5-14-26-43)49(61-33-41-21-9-3-10-22-41)47(67-55)39-69(57,58)40-48-50(62-34-42-23-11-4-12-24-42)52(64-36-44-27-15-6-16-28-44)54(56(60-2)68-48)66-38-46-31-19-8-20-32-46/h3-32,47-56H,33-40H2,1-2H3/t47-,48-,49-,50-,51+,52+,53-,54-,55+,56+/m1/s1. The van der Waals surface area contributed by atoms with Gasteiger partial charge in [-0.2, -0.15) is 0 Å². The first kappa shape index (κ1) is 50.3. The van der Waals surface area contributed by atoms with Crippen molar-refractivity contribution < 1.29 is 55.8 Å². The molecule has 0 spiro atoms. The molecule has 0 amide bonds. The lowest BCUT2D eigenvalue weighted by atomic mass is 9.98. The molecule has 12 nitrogen and oxygen atoms in total. The molecule has 2 heterocycles. The fraction of sp³-hybridized carbons (Fsp3) is 0.357. The molecule has 0 radical (unpaired) electrons. The maximum atomic E-state index is 15.1. The van der Waals surface area contributed by atoms with Crippen molar-refractivity contribution in [3.8, 4) is 0 Å². The van der Waals surface area contributed by atoms with E-state index in [1.807, 2.05) is 182 Å². The monoisotopic (exact) mass is 958 g/mol. The minimum atomic E-state index is -4.12. The van der Waals surface area contributed by atoms with E-state index in [0.29, 0.717) is 0 Å². The van der Waals surface area contributed by atoms with Crippen LogP contribution >= 0.6 is 0 Å². The van der Waals surface area contributed by atoms with Crippen molar-refractivity contribution in [1.29, 1.82) is 0 Å². The number of ether oxygens (including phenoxy) is 10. The Labute approximate surface area is 406 Å². The van der Waals surface area contributed by atoms with Gasteiger partial charge in [0.15, 0.2) is 22.4 Å².